The Kier molecular flexibility index (Phi) is 23.3. The molecule has 0 fully saturated rings. The molecule has 2 rings (SSSR count). The number of ether oxygens (including phenoxy) is 3. The van der Waals surface area contributed by atoms with Gasteiger partial charge in [0, 0.05) is 32.0 Å². The van der Waals surface area contributed by atoms with Crippen molar-refractivity contribution in [1.29, 1.82) is 0 Å². The van der Waals surface area contributed by atoms with E-state index >= 15 is 0 Å². The quantitative estimate of drug-likeness (QED) is 0.0502. The molecule has 1 aromatic carbocycles. The predicted molar refractivity (Wildman–Crippen MR) is 200 cm³/mol. The summed E-state index contributed by atoms with van der Waals surface area (Å²) in [5.41, 5.74) is 1.16. The number of nitrogens with zero attached hydrogens (tertiary/aromatic N) is 2. The number of aryl methyl sites for hydroxylation is 1. The molecule has 1 atom stereocenters. The predicted octanol–water partition coefficient (Wildman–Crippen LogP) is 4.69. The third kappa shape index (κ3) is 21.5. The van der Waals surface area contributed by atoms with E-state index in [1.54, 1.807) is 19.1 Å². The summed E-state index contributed by atoms with van der Waals surface area (Å²) in [6.45, 7) is 1.12. The van der Waals surface area contributed by atoms with Gasteiger partial charge in [0.2, 0.25) is 11.9 Å². The van der Waals surface area contributed by atoms with Crippen LogP contribution in [0.4, 0.5) is 5.95 Å². The van der Waals surface area contributed by atoms with Crippen molar-refractivity contribution in [3.8, 4) is 0 Å². The number of carbonyl (C=O) groups excluding carboxylic acids is 2. The van der Waals surface area contributed by atoms with Gasteiger partial charge in [-0.15, -0.1) is 0 Å². The van der Waals surface area contributed by atoms with Gasteiger partial charge < -0.3 is 35.1 Å². The molecule has 302 valence electrons. The molecule has 1 heterocycles. The number of unbranched alkanes of at least 4 members (excludes halogenated alkanes) is 12. The highest BCUT2D eigenvalue weighted by atomic mass is 32.2. The lowest BCUT2D eigenvalue weighted by atomic mass is 10.0. The first-order chi connectivity index (χ1) is 26.0. The second-order valence-electron chi connectivity index (χ2n) is 12.7. The van der Waals surface area contributed by atoms with Crippen LogP contribution in [0.25, 0.3) is 0 Å². The summed E-state index contributed by atoms with van der Waals surface area (Å²) in [6, 6.07) is 6.72. The Labute approximate surface area is 318 Å². The van der Waals surface area contributed by atoms with Crippen molar-refractivity contribution in [1.82, 2.24) is 20.6 Å². The number of carboxylic acids is 2. The number of anilines is 1. The van der Waals surface area contributed by atoms with Crippen LogP contribution in [0, 0.1) is 0 Å². The van der Waals surface area contributed by atoms with E-state index in [0.29, 0.717) is 0 Å². The monoisotopic (exact) mass is 779 g/mol. The molecule has 16 nitrogen and oxygen atoms in total. The molecule has 0 radical (unpaired) electrons. The van der Waals surface area contributed by atoms with Crippen LogP contribution in [0.2, 0.25) is 0 Å². The molecule has 0 saturated heterocycles. The molecule has 0 aliphatic rings. The van der Waals surface area contributed by atoms with Gasteiger partial charge in [0.05, 0.1) is 23.6 Å². The van der Waals surface area contributed by atoms with E-state index in [1.165, 1.54) is 63.8 Å². The van der Waals surface area contributed by atoms with Gasteiger partial charge >= 0.3 is 11.9 Å². The lowest BCUT2D eigenvalue weighted by Gasteiger charge is -2.17. The number of hydrogen-bond donors (Lipinski definition) is 5. The van der Waals surface area contributed by atoms with Gasteiger partial charge in [-0.1, -0.05) is 82.8 Å². The highest BCUT2D eigenvalue weighted by molar-refractivity contribution is 7.92. The molecule has 17 heteroatoms. The zero-order chi connectivity index (χ0) is 39.4. The van der Waals surface area contributed by atoms with Crippen molar-refractivity contribution >= 4 is 39.7 Å². The molecule has 2 amide bonds. The SMILES string of the molecule is CCOC(CNC(=O)COCCNC(=O)c1cnc(NS(=O)(=O)c2ccc(CCCCCCCCCCCCCCCC(=O)O)cc2)nc1)OCC(=O)O. The van der Waals surface area contributed by atoms with Gasteiger partial charge in [-0.25, -0.2) is 27.9 Å². The van der Waals surface area contributed by atoms with Gasteiger partial charge in [0.25, 0.3) is 15.9 Å². The van der Waals surface area contributed by atoms with Gasteiger partial charge in [0.1, 0.15) is 13.2 Å². The number of carboxylic acid groups (broad SMARTS) is 2. The first-order valence-electron chi connectivity index (χ1n) is 18.7. The molecule has 5 N–H and O–H groups in total. The molecule has 54 heavy (non-hydrogen) atoms. The lowest BCUT2D eigenvalue weighted by molar-refractivity contribution is -0.166. The third-order valence-corrected chi connectivity index (χ3v) is 9.55. The van der Waals surface area contributed by atoms with Crippen LogP contribution in [0.3, 0.4) is 0 Å². The van der Waals surface area contributed by atoms with E-state index in [2.05, 4.69) is 25.3 Å². The van der Waals surface area contributed by atoms with E-state index < -0.39 is 46.7 Å². The van der Waals surface area contributed by atoms with Gasteiger partial charge in [-0.05, 0) is 43.9 Å². The average Bonchev–Trinajstić information content (AvgIpc) is 3.14. The summed E-state index contributed by atoms with van der Waals surface area (Å²) >= 11 is 0. The van der Waals surface area contributed by atoms with Crippen molar-refractivity contribution in [2.75, 3.05) is 44.2 Å². The molecule has 0 aliphatic carbocycles. The number of hydrogen-bond acceptors (Lipinski definition) is 11. The van der Waals surface area contributed by atoms with Gasteiger partial charge in [0.15, 0.2) is 6.29 Å². The highest BCUT2D eigenvalue weighted by Crippen LogP contribution is 2.17. The van der Waals surface area contributed by atoms with Crippen LogP contribution >= 0.6 is 0 Å². The number of rotatable bonds is 32. The Morgan fingerprint density at radius 2 is 1.31 bits per heavy atom. The van der Waals surface area contributed by atoms with Crippen LogP contribution < -0.4 is 15.4 Å². The number of nitrogens with one attached hydrogen (secondary N) is 3. The Morgan fingerprint density at radius 1 is 0.741 bits per heavy atom. The maximum absolute atomic E-state index is 12.9. The Bertz CT molecular complexity index is 1490. The van der Waals surface area contributed by atoms with Gasteiger partial charge in [-0.3, -0.25) is 14.4 Å². The minimum atomic E-state index is -3.94. The minimum absolute atomic E-state index is 0.0183. The van der Waals surface area contributed by atoms with Crippen molar-refractivity contribution in [3.63, 3.8) is 0 Å². The van der Waals surface area contributed by atoms with E-state index in [4.69, 9.17) is 24.4 Å². The topological polar surface area (TPSA) is 232 Å². The molecule has 0 bridgehead atoms. The number of aromatic nitrogens is 2. The smallest absolute Gasteiger partial charge is 0.329 e. The Morgan fingerprint density at radius 3 is 1.87 bits per heavy atom. The van der Waals surface area contributed by atoms with E-state index in [-0.39, 0.29) is 55.7 Å². The number of sulfonamides is 1. The second kappa shape index (κ2) is 27.4. The second-order valence-corrected chi connectivity index (χ2v) is 14.4. The molecule has 0 saturated carbocycles. The molecule has 2 aromatic rings. The normalized spacial score (nSPS) is 11.9. The van der Waals surface area contributed by atoms with Crippen LogP contribution in [-0.4, -0.2) is 98.2 Å². The maximum Gasteiger partial charge on any atom is 0.329 e. The number of amides is 2. The van der Waals surface area contributed by atoms with Crippen molar-refractivity contribution in [3.05, 3.63) is 47.8 Å². The van der Waals surface area contributed by atoms with Crippen LogP contribution in [0.1, 0.15) is 113 Å². The number of benzene rings is 1. The summed E-state index contributed by atoms with van der Waals surface area (Å²) in [4.78, 5) is 53.5. The summed E-state index contributed by atoms with van der Waals surface area (Å²) in [5, 5.41) is 22.5. The fraction of sp³-hybridized carbons (Fsp3) is 0.622. The zero-order valence-electron chi connectivity index (χ0n) is 31.3. The fourth-order valence-electron chi connectivity index (χ4n) is 5.33. The highest BCUT2D eigenvalue weighted by Gasteiger charge is 2.17. The molecule has 0 spiro atoms. The lowest BCUT2D eigenvalue weighted by Crippen LogP contribution is -2.38. The molecular weight excluding hydrogens is 722 g/mol. The molecule has 1 aromatic heterocycles. The third-order valence-electron chi connectivity index (χ3n) is 8.21. The van der Waals surface area contributed by atoms with Crippen molar-refractivity contribution in [2.24, 2.45) is 0 Å². The summed E-state index contributed by atoms with van der Waals surface area (Å²) in [6.07, 6.45) is 17.5. The van der Waals surface area contributed by atoms with Crippen molar-refractivity contribution < 1.29 is 52.0 Å². The van der Waals surface area contributed by atoms with Gasteiger partial charge in [-0.2, -0.15) is 0 Å². The first-order valence-corrected chi connectivity index (χ1v) is 20.2. The Hall–Kier alpha value is -4.19. The molecule has 0 aliphatic heterocycles. The molecular formula is C37H57N5O11S. The van der Waals surface area contributed by atoms with E-state index in [9.17, 15) is 27.6 Å². The van der Waals surface area contributed by atoms with Crippen LogP contribution in [0.15, 0.2) is 41.6 Å². The summed E-state index contributed by atoms with van der Waals surface area (Å²) in [5.74, 6) is -3.06. The van der Waals surface area contributed by atoms with Crippen molar-refractivity contribution in [2.45, 2.75) is 114 Å². The van der Waals surface area contributed by atoms with Crippen LogP contribution in [0.5, 0.6) is 0 Å². The largest absolute Gasteiger partial charge is 0.481 e. The van der Waals surface area contributed by atoms with Crippen LogP contribution in [-0.2, 0) is 45.0 Å². The summed E-state index contributed by atoms with van der Waals surface area (Å²) in [7, 11) is -3.94. The number of aliphatic carboxylic acids is 2. The van der Waals surface area contributed by atoms with E-state index in [1.807, 2.05) is 12.1 Å². The Balaban J connectivity index is 1.58. The first kappa shape index (κ1) is 46.0. The zero-order valence-corrected chi connectivity index (χ0v) is 32.1. The average molecular weight is 780 g/mol. The molecule has 1 unspecified atom stereocenters. The summed E-state index contributed by atoms with van der Waals surface area (Å²) < 4.78 is 43.6. The number of carbonyl (C=O) groups is 4. The minimum Gasteiger partial charge on any atom is -0.481 e. The van der Waals surface area contributed by atoms with E-state index in [0.717, 1.165) is 44.1 Å². The standard InChI is InChI=1S/C37H57N5O11S/c1-2-52-35(53-28-34(46)47)26-39-32(43)27-51-23-22-38-36(48)30-24-40-37(41-25-30)42-54(49,50)31-20-18-29(19-21-31)16-14-12-10-8-6-4-3-5-7-9-11-13-15-17-33(44)45/h18-21,24-25,35H,2-17,22-23,26-28H2,1H3,(H,38,48)(H,39,43)(H,44,45)(H,46,47)(H,40,41,42). The fourth-order valence-corrected chi connectivity index (χ4v) is 6.29. The maximum atomic E-state index is 12.9.